The lowest BCUT2D eigenvalue weighted by Crippen LogP contribution is -2.36. The summed E-state index contributed by atoms with van der Waals surface area (Å²) in [6.07, 6.45) is 9.19. The molecule has 7 nitrogen and oxygen atoms in total. The molecule has 0 N–H and O–H groups in total. The smallest absolute Gasteiger partial charge is 0.228 e. The molecule has 26 heavy (non-hydrogen) atoms. The van der Waals surface area contributed by atoms with Crippen molar-refractivity contribution in [2.24, 2.45) is 0 Å². The van der Waals surface area contributed by atoms with E-state index in [1.54, 1.807) is 18.6 Å². The van der Waals surface area contributed by atoms with Crippen LogP contribution < -0.4 is 0 Å². The van der Waals surface area contributed by atoms with Crippen molar-refractivity contribution in [2.45, 2.75) is 39.3 Å². The van der Waals surface area contributed by atoms with Gasteiger partial charge in [0.1, 0.15) is 17.3 Å². The van der Waals surface area contributed by atoms with E-state index in [9.17, 15) is 4.79 Å². The van der Waals surface area contributed by atoms with Gasteiger partial charge < -0.3 is 13.9 Å². The fourth-order valence-electron chi connectivity index (χ4n) is 3.26. The Balaban J connectivity index is 1.41. The molecule has 1 aliphatic rings. The van der Waals surface area contributed by atoms with E-state index in [4.69, 9.17) is 4.42 Å². The Bertz CT molecular complexity index is 900. The van der Waals surface area contributed by atoms with Gasteiger partial charge >= 0.3 is 0 Å². The fraction of sp³-hybridized carbons (Fsp3) is 0.368. The first kappa shape index (κ1) is 16.5. The monoisotopic (exact) mass is 351 g/mol. The summed E-state index contributed by atoms with van der Waals surface area (Å²) in [6.45, 7) is 3.89. The summed E-state index contributed by atoms with van der Waals surface area (Å²) >= 11 is 0. The van der Waals surface area contributed by atoms with Crippen molar-refractivity contribution in [3.8, 4) is 11.5 Å². The number of aromatic nitrogens is 4. The van der Waals surface area contributed by atoms with Gasteiger partial charge in [-0.05, 0) is 12.1 Å². The standard InChI is InChI=1S/C19H21N5O2/c1-2-17-21-8-11-23(17)10-6-18(25)24-9-5-16-15(13-24)22-19(26-16)14-4-3-7-20-12-14/h3-4,7-8,11-12H,2,5-6,9-10,13H2,1H3. The SMILES string of the molecule is CCc1nccn1CCC(=O)N1CCc2oc(-c3cccnc3)nc2C1. The number of oxazole rings is 1. The molecule has 1 aliphatic heterocycles. The van der Waals surface area contributed by atoms with Crippen LogP contribution in [0.5, 0.6) is 0 Å². The molecule has 0 saturated carbocycles. The van der Waals surface area contributed by atoms with Crippen LogP contribution in [0.25, 0.3) is 11.5 Å². The molecule has 4 heterocycles. The van der Waals surface area contributed by atoms with Crippen molar-refractivity contribution in [1.82, 2.24) is 24.4 Å². The summed E-state index contributed by atoms with van der Waals surface area (Å²) in [5.41, 5.74) is 1.70. The molecule has 7 heteroatoms. The van der Waals surface area contributed by atoms with E-state index in [0.717, 1.165) is 29.3 Å². The molecule has 3 aromatic rings. The maximum atomic E-state index is 12.6. The van der Waals surface area contributed by atoms with E-state index in [1.807, 2.05) is 27.8 Å². The second-order valence-corrected chi connectivity index (χ2v) is 6.34. The summed E-state index contributed by atoms with van der Waals surface area (Å²) in [5.74, 6) is 2.59. The largest absolute Gasteiger partial charge is 0.441 e. The normalized spacial score (nSPS) is 13.7. The minimum absolute atomic E-state index is 0.136. The van der Waals surface area contributed by atoms with Crippen LogP contribution in [-0.4, -0.2) is 36.9 Å². The van der Waals surface area contributed by atoms with Crippen molar-refractivity contribution in [2.75, 3.05) is 6.54 Å². The number of hydrogen-bond acceptors (Lipinski definition) is 5. The van der Waals surface area contributed by atoms with Crippen LogP contribution in [0.2, 0.25) is 0 Å². The van der Waals surface area contributed by atoms with Crippen molar-refractivity contribution >= 4 is 5.91 Å². The minimum atomic E-state index is 0.136. The van der Waals surface area contributed by atoms with E-state index in [0.29, 0.717) is 38.4 Å². The molecule has 0 radical (unpaired) electrons. The predicted molar refractivity (Wildman–Crippen MR) is 95.1 cm³/mol. The molecule has 0 atom stereocenters. The van der Waals surface area contributed by atoms with Crippen molar-refractivity contribution in [1.29, 1.82) is 0 Å². The molecule has 0 saturated heterocycles. The number of fused-ring (bicyclic) bond motifs is 1. The highest BCUT2D eigenvalue weighted by atomic mass is 16.4. The Hall–Kier alpha value is -2.96. The zero-order valence-electron chi connectivity index (χ0n) is 14.8. The average molecular weight is 351 g/mol. The van der Waals surface area contributed by atoms with Gasteiger partial charge in [0.05, 0.1) is 12.1 Å². The first-order valence-electron chi connectivity index (χ1n) is 8.91. The average Bonchev–Trinajstić information content (AvgIpc) is 3.32. The topological polar surface area (TPSA) is 77.0 Å². The van der Waals surface area contributed by atoms with E-state index < -0.39 is 0 Å². The molecule has 134 valence electrons. The molecular weight excluding hydrogens is 330 g/mol. The minimum Gasteiger partial charge on any atom is -0.441 e. The first-order chi connectivity index (χ1) is 12.7. The van der Waals surface area contributed by atoms with E-state index >= 15 is 0 Å². The zero-order valence-corrected chi connectivity index (χ0v) is 14.8. The van der Waals surface area contributed by atoms with Crippen LogP contribution >= 0.6 is 0 Å². The predicted octanol–water partition coefficient (Wildman–Crippen LogP) is 2.47. The molecule has 0 unspecified atom stereocenters. The third-order valence-electron chi connectivity index (χ3n) is 4.67. The van der Waals surface area contributed by atoms with Crippen molar-refractivity contribution in [3.05, 3.63) is 54.2 Å². The number of amides is 1. The zero-order chi connectivity index (χ0) is 17.9. The van der Waals surface area contributed by atoms with Gasteiger partial charge in [-0.25, -0.2) is 9.97 Å². The van der Waals surface area contributed by atoms with E-state index in [-0.39, 0.29) is 5.91 Å². The maximum absolute atomic E-state index is 12.6. The Kier molecular flexibility index (Phi) is 4.51. The molecule has 0 fully saturated rings. The summed E-state index contributed by atoms with van der Waals surface area (Å²) in [7, 11) is 0. The lowest BCUT2D eigenvalue weighted by Gasteiger charge is -2.25. The molecule has 0 spiro atoms. The van der Waals surface area contributed by atoms with E-state index in [2.05, 4.69) is 21.9 Å². The molecule has 0 aromatic carbocycles. The van der Waals surface area contributed by atoms with Crippen molar-refractivity contribution in [3.63, 3.8) is 0 Å². The maximum Gasteiger partial charge on any atom is 0.228 e. The Morgan fingerprint density at radius 1 is 1.35 bits per heavy atom. The number of imidazole rings is 1. The van der Waals surface area contributed by atoms with Gasteiger partial charge in [-0.3, -0.25) is 9.78 Å². The van der Waals surface area contributed by atoms with Gasteiger partial charge in [0.2, 0.25) is 11.8 Å². The third-order valence-corrected chi connectivity index (χ3v) is 4.67. The lowest BCUT2D eigenvalue weighted by atomic mass is 10.1. The summed E-state index contributed by atoms with van der Waals surface area (Å²) in [6, 6.07) is 3.78. The van der Waals surface area contributed by atoms with Crippen LogP contribution in [0.15, 0.2) is 41.3 Å². The van der Waals surface area contributed by atoms with E-state index in [1.165, 1.54) is 0 Å². The molecule has 3 aromatic heterocycles. The fourth-order valence-corrected chi connectivity index (χ4v) is 3.26. The lowest BCUT2D eigenvalue weighted by molar-refractivity contribution is -0.132. The highest BCUT2D eigenvalue weighted by Gasteiger charge is 2.25. The van der Waals surface area contributed by atoms with Gasteiger partial charge in [-0.15, -0.1) is 0 Å². The number of carbonyl (C=O) groups is 1. The third kappa shape index (κ3) is 3.24. The number of rotatable bonds is 5. The quantitative estimate of drug-likeness (QED) is 0.706. The molecule has 1 amide bonds. The number of carbonyl (C=O) groups excluding carboxylic acids is 1. The van der Waals surface area contributed by atoms with Gasteiger partial charge in [0.15, 0.2) is 0 Å². The number of hydrogen-bond donors (Lipinski definition) is 0. The van der Waals surface area contributed by atoms with Crippen LogP contribution in [0, 0.1) is 0 Å². The molecular formula is C19H21N5O2. The molecule has 0 bridgehead atoms. The highest BCUT2D eigenvalue weighted by molar-refractivity contribution is 5.76. The van der Waals surface area contributed by atoms with Crippen LogP contribution in [0.4, 0.5) is 0 Å². The summed E-state index contributed by atoms with van der Waals surface area (Å²) in [5, 5.41) is 0. The second-order valence-electron chi connectivity index (χ2n) is 6.34. The van der Waals surface area contributed by atoms with Crippen molar-refractivity contribution < 1.29 is 9.21 Å². The number of nitrogens with zero attached hydrogens (tertiary/aromatic N) is 5. The van der Waals surface area contributed by atoms with Gasteiger partial charge in [-0.1, -0.05) is 6.92 Å². The molecule has 4 rings (SSSR count). The van der Waals surface area contributed by atoms with Crippen LogP contribution in [-0.2, 0) is 30.7 Å². The van der Waals surface area contributed by atoms with Gasteiger partial charge in [-0.2, -0.15) is 0 Å². The Morgan fingerprint density at radius 3 is 3.08 bits per heavy atom. The summed E-state index contributed by atoms with van der Waals surface area (Å²) < 4.78 is 7.91. The molecule has 0 aliphatic carbocycles. The highest BCUT2D eigenvalue weighted by Crippen LogP contribution is 2.26. The van der Waals surface area contributed by atoms with Crippen LogP contribution in [0.3, 0.4) is 0 Å². The van der Waals surface area contributed by atoms with Gasteiger partial charge in [0.25, 0.3) is 0 Å². The second kappa shape index (κ2) is 7.11. The number of aryl methyl sites for hydroxylation is 2. The van der Waals surface area contributed by atoms with Gasteiger partial charge in [0, 0.05) is 57.1 Å². The number of pyridine rings is 1. The van der Waals surface area contributed by atoms with Crippen LogP contribution in [0.1, 0.15) is 30.6 Å². The Labute approximate surface area is 151 Å². The Morgan fingerprint density at radius 2 is 2.27 bits per heavy atom. The summed E-state index contributed by atoms with van der Waals surface area (Å²) in [4.78, 5) is 27.4. The first-order valence-corrected chi connectivity index (χ1v) is 8.91.